The summed E-state index contributed by atoms with van der Waals surface area (Å²) in [5.74, 6) is 0.197. The van der Waals surface area contributed by atoms with Crippen molar-refractivity contribution in [3.63, 3.8) is 0 Å². The highest BCUT2D eigenvalue weighted by Gasteiger charge is 2.46. The van der Waals surface area contributed by atoms with Crippen molar-refractivity contribution >= 4 is 5.78 Å². The molecule has 18 heavy (non-hydrogen) atoms. The molecule has 2 rings (SSSR count). The molecular formula is C15H22O3. The van der Waals surface area contributed by atoms with Crippen LogP contribution in [0.5, 0.6) is 0 Å². The number of hydrogen-bond donors (Lipinski definition) is 2. The Morgan fingerprint density at radius 1 is 1.50 bits per heavy atom. The summed E-state index contributed by atoms with van der Waals surface area (Å²) in [5.41, 5.74) is 1.87. The predicted molar refractivity (Wildman–Crippen MR) is 70.0 cm³/mol. The van der Waals surface area contributed by atoms with Gasteiger partial charge in [-0.05, 0) is 69.1 Å². The van der Waals surface area contributed by atoms with Gasteiger partial charge in [0.05, 0.1) is 12.2 Å². The Morgan fingerprint density at radius 3 is 2.72 bits per heavy atom. The quantitative estimate of drug-likeness (QED) is 0.700. The molecule has 3 heteroatoms. The van der Waals surface area contributed by atoms with Crippen LogP contribution in [0.25, 0.3) is 0 Å². The van der Waals surface area contributed by atoms with Gasteiger partial charge in [0.2, 0.25) is 0 Å². The van der Waals surface area contributed by atoms with Gasteiger partial charge in [-0.1, -0.05) is 5.57 Å². The summed E-state index contributed by atoms with van der Waals surface area (Å²) in [4.78, 5) is 12.1. The van der Waals surface area contributed by atoms with Gasteiger partial charge in [0.15, 0.2) is 5.78 Å². The molecule has 0 heterocycles. The van der Waals surface area contributed by atoms with E-state index < -0.39 is 5.60 Å². The van der Waals surface area contributed by atoms with Gasteiger partial charge in [-0.3, -0.25) is 4.79 Å². The average molecular weight is 250 g/mol. The van der Waals surface area contributed by atoms with Crippen molar-refractivity contribution in [1.29, 1.82) is 0 Å². The van der Waals surface area contributed by atoms with Gasteiger partial charge in [0.1, 0.15) is 0 Å². The monoisotopic (exact) mass is 250 g/mol. The van der Waals surface area contributed by atoms with Crippen molar-refractivity contribution in [2.75, 3.05) is 6.61 Å². The number of ketones is 1. The van der Waals surface area contributed by atoms with Gasteiger partial charge in [-0.15, -0.1) is 0 Å². The van der Waals surface area contributed by atoms with E-state index in [4.69, 9.17) is 0 Å². The summed E-state index contributed by atoms with van der Waals surface area (Å²) in [7, 11) is 0. The molecule has 2 N–H and O–H groups in total. The van der Waals surface area contributed by atoms with Crippen LogP contribution in [-0.2, 0) is 4.79 Å². The van der Waals surface area contributed by atoms with E-state index in [0.717, 1.165) is 29.6 Å². The summed E-state index contributed by atoms with van der Waals surface area (Å²) in [6, 6.07) is 0. The molecule has 1 saturated carbocycles. The SMILES string of the molecule is CC(C)=C1C[C@H]2[C@H](CC[C@]2(C)O)C(CO)=CC1=O. The Labute approximate surface area is 108 Å². The minimum Gasteiger partial charge on any atom is -0.392 e. The molecule has 2 aliphatic carbocycles. The number of aliphatic hydroxyl groups is 2. The second-order valence-corrected chi connectivity index (χ2v) is 6.03. The van der Waals surface area contributed by atoms with Crippen molar-refractivity contribution in [2.24, 2.45) is 11.8 Å². The molecule has 3 nitrogen and oxygen atoms in total. The van der Waals surface area contributed by atoms with Gasteiger partial charge in [0, 0.05) is 0 Å². The van der Waals surface area contributed by atoms with Crippen molar-refractivity contribution in [1.82, 2.24) is 0 Å². The van der Waals surface area contributed by atoms with Gasteiger partial charge in [-0.2, -0.15) is 0 Å². The van der Waals surface area contributed by atoms with Crippen LogP contribution < -0.4 is 0 Å². The van der Waals surface area contributed by atoms with Crippen LogP contribution in [0.15, 0.2) is 22.8 Å². The summed E-state index contributed by atoms with van der Waals surface area (Å²) in [6.45, 7) is 5.64. The lowest BCUT2D eigenvalue weighted by atomic mass is 9.80. The molecule has 0 aromatic rings. The summed E-state index contributed by atoms with van der Waals surface area (Å²) in [6.07, 6.45) is 3.81. The molecule has 0 amide bonds. The van der Waals surface area contributed by atoms with Crippen molar-refractivity contribution < 1.29 is 15.0 Å². The van der Waals surface area contributed by atoms with E-state index in [2.05, 4.69) is 0 Å². The molecule has 100 valence electrons. The summed E-state index contributed by atoms with van der Waals surface area (Å²) >= 11 is 0. The number of carbonyl (C=O) groups excluding carboxylic acids is 1. The predicted octanol–water partition coefficient (Wildman–Crippen LogP) is 1.99. The molecule has 0 aromatic carbocycles. The molecule has 0 radical (unpaired) electrons. The third kappa shape index (κ3) is 2.17. The fourth-order valence-corrected chi connectivity index (χ4v) is 3.37. The smallest absolute Gasteiger partial charge is 0.181 e. The Kier molecular flexibility index (Phi) is 3.47. The second-order valence-electron chi connectivity index (χ2n) is 6.03. The van der Waals surface area contributed by atoms with E-state index in [1.54, 1.807) is 6.08 Å². The van der Waals surface area contributed by atoms with Crippen LogP contribution in [0.4, 0.5) is 0 Å². The third-order valence-corrected chi connectivity index (χ3v) is 4.55. The number of allylic oxidation sites excluding steroid dienone is 3. The minimum absolute atomic E-state index is 0.00394. The van der Waals surface area contributed by atoms with Crippen LogP contribution in [0, 0.1) is 11.8 Å². The van der Waals surface area contributed by atoms with Crippen molar-refractivity contribution in [2.45, 2.75) is 45.6 Å². The number of carbonyl (C=O) groups is 1. The number of hydrogen-bond acceptors (Lipinski definition) is 3. The lowest BCUT2D eigenvalue weighted by molar-refractivity contribution is -0.111. The topological polar surface area (TPSA) is 57.5 Å². The Hall–Kier alpha value is -0.930. The number of fused-ring (bicyclic) bond motifs is 1. The number of aliphatic hydroxyl groups excluding tert-OH is 1. The fraction of sp³-hybridized carbons (Fsp3) is 0.667. The molecule has 0 bridgehead atoms. The maximum Gasteiger partial charge on any atom is 0.181 e. The first-order valence-corrected chi connectivity index (χ1v) is 6.61. The molecule has 1 fully saturated rings. The summed E-state index contributed by atoms with van der Waals surface area (Å²) in [5, 5.41) is 19.9. The van der Waals surface area contributed by atoms with E-state index in [-0.39, 0.29) is 24.2 Å². The maximum atomic E-state index is 12.1. The first-order chi connectivity index (χ1) is 8.36. The average Bonchev–Trinajstić information content (AvgIpc) is 2.49. The van der Waals surface area contributed by atoms with Crippen molar-refractivity contribution in [3.8, 4) is 0 Å². The molecule has 3 atom stereocenters. The highest BCUT2D eigenvalue weighted by atomic mass is 16.3. The number of rotatable bonds is 1. The zero-order valence-corrected chi connectivity index (χ0v) is 11.4. The van der Waals surface area contributed by atoms with Gasteiger partial charge in [-0.25, -0.2) is 0 Å². The van der Waals surface area contributed by atoms with Gasteiger partial charge in [0.25, 0.3) is 0 Å². The van der Waals surface area contributed by atoms with E-state index in [1.165, 1.54) is 0 Å². The second kappa shape index (κ2) is 4.63. The van der Waals surface area contributed by atoms with Crippen LogP contribution in [0.3, 0.4) is 0 Å². The van der Waals surface area contributed by atoms with E-state index in [0.29, 0.717) is 6.42 Å². The first-order valence-electron chi connectivity index (χ1n) is 6.61. The molecule has 0 aromatic heterocycles. The van der Waals surface area contributed by atoms with E-state index in [1.807, 2.05) is 20.8 Å². The lowest BCUT2D eigenvalue weighted by Crippen LogP contribution is -2.32. The molecular weight excluding hydrogens is 228 g/mol. The largest absolute Gasteiger partial charge is 0.392 e. The summed E-state index contributed by atoms with van der Waals surface area (Å²) < 4.78 is 0. The van der Waals surface area contributed by atoms with Gasteiger partial charge < -0.3 is 10.2 Å². The Balaban J connectivity index is 2.47. The van der Waals surface area contributed by atoms with Crippen LogP contribution in [-0.4, -0.2) is 28.2 Å². The maximum absolute atomic E-state index is 12.1. The zero-order valence-electron chi connectivity index (χ0n) is 11.4. The van der Waals surface area contributed by atoms with Crippen LogP contribution in [0.2, 0.25) is 0 Å². The van der Waals surface area contributed by atoms with Gasteiger partial charge >= 0.3 is 0 Å². The molecule has 0 unspecified atom stereocenters. The Bertz CT molecular complexity index is 425. The first kappa shape index (κ1) is 13.5. The fourth-order valence-electron chi connectivity index (χ4n) is 3.37. The van der Waals surface area contributed by atoms with Crippen LogP contribution in [0.1, 0.15) is 40.0 Å². The molecule has 0 saturated heterocycles. The molecule has 0 spiro atoms. The highest BCUT2D eigenvalue weighted by Crippen LogP contribution is 2.48. The highest BCUT2D eigenvalue weighted by molar-refractivity contribution is 6.05. The van der Waals surface area contributed by atoms with E-state index >= 15 is 0 Å². The minimum atomic E-state index is -0.732. The normalized spacial score (nSPS) is 36.2. The Morgan fingerprint density at radius 2 is 2.17 bits per heavy atom. The third-order valence-electron chi connectivity index (χ3n) is 4.55. The zero-order chi connectivity index (χ0) is 13.5. The molecule has 2 aliphatic rings. The van der Waals surface area contributed by atoms with E-state index in [9.17, 15) is 15.0 Å². The lowest BCUT2D eigenvalue weighted by Gasteiger charge is -2.29. The standard InChI is InChI=1S/C15H22O3/c1-9(2)12-7-13-11(4-5-15(13,3)18)10(8-16)6-14(12)17/h6,11,13,16,18H,4-5,7-8H2,1-3H3/t11-,13+,15+/m1/s1. The van der Waals surface area contributed by atoms with Crippen LogP contribution >= 0.6 is 0 Å². The van der Waals surface area contributed by atoms with Crippen molar-refractivity contribution in [3.05, 3.63) is 22.8 Å². The molecule has 0 aliphatic heterocycles.